The van der Waals surface area contributed by atoms with Crippen LogP contribution in [0.4, 0.5) is 15.3 Å². The van der Waals surface area contributed by atoms with E-state index in [9.17, 15) is 14.4 Å². The summed E-state index contributed by atoms with van der Waals surface area (Å²) in [6.45, 7) is 6.95. The van der Waals surface area contributed by atoms with Crippen molar-refractivity contribution in [2.24, 2.45) is 0 Å². The Labute approximate surface area is 270 Å². The quantitative estimate of drug-likeness (QED) is 0.336. The summed E-state index contributed by atoms with van der Waals surface area (Å²) < 4.78 is 0. The third-order valence-electron chi connectivity index (χ3n) is 10.4. The number of benzene rings is 2. The predicted octanol–water partition coefficient (Wildman–Crippen LogP) is 3.24. The van der Waals surface area contributed by atoms with E-state index in [0.29, 0.717) is 58.0 Å². The summed E-state index contributed by atoms with van der Waals surface area (Å²) in [4.78, 5) is 52.3. The van der Waals surface area contributed by atoms with Crippen molar-refractivity contribution in [2.45, 2.75) is 56.7 Å². The van der Waals surface area contributed by atoms with Crippen molar-refractivity contribution in [2.75, 3.05) is 64.2 Å². The molecule has 46 heavy (non-hydrogen) atoms. The molecule has 3 fully saturated rings. The molecule has 0 radical (unpaired) electrons. The van der Waals surface area contributed by atoms with Crippen molar-refractivity contribution >= 4 is 34.6 Å². The second kappa shape index (κ2) is 13.7. The van der Waals surface area contributed by atoms with Gasteiger partial charge in [-0.1, -0.05) is 24.3 Å². The number of rotatable bonds is 6. The van der Waals surface area contributed by atoms with E-state index in [1.807, 2.05) is 57.3 Å². The number of carbonyl (C=O) groups excluding carboxylic acids is 3. The van der Waals surface area contributed by atoms with Crippen molar-refractivity contribution < 1.29 is 14.4 Å². The molecule has 5 amide bonds. The van der Waals surface area contributed by atoms with E-state index >= 15 is 0 Å². The Hall–Kier alpha value is -4.09. The average molecular weight is 627 g/mol. The minimum Gasteiger partial charge on any atom is -0.361 e. The maximum Gasteiger partial charge on any atom is 0.322 e. The SMILES string of the molecule is O=C(NC(Cc1ccc2[nH]ccc2c1)C(=O)N1CCN(C2CCNCC2)CC1)N1CCC(N2CCc3ccccc3NC2=O)CC1. The van der Waals surface area contributed by atoms with Crippen LogP contribution in [0.5, 0.6) is 0 Å². The second-order valence-corrected chi connectivity index (χ2v) is 13.2. The number of H-pyrrole nitrogens is 1. The molecule has 0 aliphatic carbocycles. The molecule has 1 unspecified atom stereocenters. The molecule has 4 aliphatic heterocycles. The number of nitrogens with zero attached hydrogens (tertiary/aromatic N) is 4. The van der Waals surface area contributed by atoms with Crippen LogP contribution >= 0.6 is 0 Å². The fourth-order valence-corrected chi connectivity index (χ4v) is 7.72. The summed E-state index contributed by atoms with van der Waals surface area (Å²) in [5.41, 5.74) is 4.10. The molecule has 1 atom stereocenters. The number of urea groups is 2. The number of amides is 5. The standard InChI is InChI=1S/C35H46N8O3/c44-33(41-21-19-40(20-22-41)28-8-13-36-14-9-28)32(24-25-5-6-30-27(23-25)7-15-37-30)39-34(45)42-16-11-29(12-17-42)43-18-10-26-3-1-2-4-31(26)38-35(43)46/h1-7,15,23,28-29,32,36-37H,8-14,16-22,24H2,(H,38,46)(H,39,45). The van der Waals surface area contributed by atoms with Gasteiger partial charge in [0.05, 0.1) is 0 Å². The van der Waals surface area contributed by atoms with Crippen molar-refractivity contribution in [3.05, 3.63) is 65.9 Å². The molecule has 0 saturated carbocycles. The third-order valence-corrected chi connectivity index (χ3v) is 10.4. The molecule has 0 bridgehead atoms. The molecule has 2 aromatic carbocycles. The smallest absolute Gasteiger partial charge is 0.322 e. The van der Waals surface area contributed by atoms with E-state index in [2.05, 4.69) is 38.0 Å². The predicted molar refractivity (Wildman–Crippen MR) is 179 cm³/mol. The number of likely N-dealkylation sites (tertiary alicyclic amines) is 1. The third kappa shape index (κ3) is 6.71. The lowest BCUT2D eigenvalue weighted by Crippen LogP contribution is -2.59. The molecule has 7 rings (SSSR count). The fourth-order valence-electron chi connectivity index (χ4n) is 7.72. The van der Waals surface area contributed by atoms with Gasteiger partial charge in [0.1, 0.15) is 6.04 Å². The van der Waals surface area contributed by atoms with Crippen LogP contribution in [-0.2, 0) is 17.6 Å². The Balaban J connectivity index is 0.986. The van der Waals surface area contributed by atoms with Gasteiger partial charge in [-0.25, -0.2) is 9.59 Å². The van der Waals surface area contributed by atoms with E-state index in [1.54, 1.807) is 0 Å². The molecule has 1 aromatic heterocycles. The lowest BCUT2D eigenvalue weighted by Gasteiger charge is -2.42. The average Bonchev–Trinajstić information content (AvgIpc) is 3.50. The number of aromatic amines is 1. The monoisotopic (exact) mass is 626 g/mol. The molecule has 3 saturated heterocycles. The summed E-state index contributed by atoms with van der Waals surface area (Å²) >= 11 is 0. The number of nitrogens with one attached hydrogen (secondary N) is 4. The number of anilines is 1. The van der Waals surface area contributed by atoms with Crippen LogP contribution in [0.1, 0.15) is 36.8 Å². The maximum atomic E-state index is 14.0. The molecular weight excluding hydrogens is 580 g/mol. The number of para-hydroxylation sites is 1. The minimum atomic E-state index is -0.651. The topological polar surface area (TPSA) is 116 Å². The molecule has 4 N–H and O–H groups in total. The number of piperidine rings is 2. The second-order valence-electron chi connectivity index (χ2n) is 13.2. The van der Waals surface area contributed by atoms with Gasteiger partial charge >= 0.3 is 12.1 Å². The van der Waals surface area contributed by atoms with Gasteiger partial charge < -0.3 is 35.6 Å². The number of hydrogen-bond donors (Lipinski definition) is 4. The molecule has 5 heterocycles. The molecule has 4 aliphatic rings. The van der Waals surface area contributed by atoms with Gasteiger partial charge in [-0.3, -0.25) is 9.69 Å². The van der Waals surface area contributed by atoms with Crippen LogP contribution in [-0.4, -0.2) is 120 Å². The van der Waals surface area contributed by atoms with E-state index < -0.39 is 6.04 Å². The lowest BCUT2D eigenvalue weighted by atomic mass is 10.0. The van der Waals surface area contributed by atoms with Gasteiger partial charge in [0.25, 0.3) is 0 Å². The zero-order chi connectivity index (χ0) is 31.5. The molecule has 244 valence electrons. The normalized spacial score (nSPS) is 21.0. The maximum absolute atomic E-state index is 14.0. The molecular formula is C35H46N8O3. The van der Waals surface area contributed by atoms with Gasteiger partial charge in [0.2, 0.25) is 5.91 Å². The minimum absolute atomic E-state index is 0.0110. The number of hydrogen-bond acceptors (Lipinski definition) is 5. The van der Waals surface area contributed by atoms with Crippen LogP contribution in [0.2, 0.25) is 0 Å². The molecule has 11 nitrogen and oxygen atoms in total. The highest BCUT2D eigenvalue weighted by molar-refractivity contribution is 5.91. The number of piperazine rings is 1. The summed E-state index contributed by atoms with van der Waals surface area (Å²) in [5.74, 6) is -0.0110. The largest absolute Gasteiger partial charge is 0.361 e. The van der Waals surface area contributed by atoms with E-state index in [1.165, 1.54) is 0 Å². The Morgan fingerprint density at radius 3 is 2.43 bits per heavy atom. The first-order valence-corrected chi connectivity index (χ1v) is 17.0. The summed E-state index contributed by atoms with van der Waals surface area (Å²) in [5, 5.41) is 10.8. The van der Waals surface area contributed by atoms with Crippen LogP contribution in [0.15, 0.2) is 54.7 Å². The van der Waals surface area contributed by atoms with Crippen LogP contribution < -0.4 is 16.0 Å². The fraction of sp³-hybridized carbons (Fsp3) is 0.514. The first-order chi connectivity index (χ1) is 22.5. The first kappa shape index (κ1) is 30.6. The Morgan fingerprint density at radius 2 is 1.63 bits per heavy atom. The van der Waals surface area contributed by atoms with Crippen molar-refractivity contribution in [1.29, 1.82) is 0 Å². The van der Waals surface area contributed by atoms with Gasteiger partial charge in [0.15, 0.2) is 0 Å². The molecule has 11 heteroatoms. The number of fused-ring (bicyclic) bond motifs is 2. The summed E-state index contributed by atoms with van der Waals surface area (Å²) in [7, 11) is 0. The lowest BCUT2D eigenvalue weighted by molar-refractivity contribution is -0.135. The number of carbonyl (C=O) groups is 3. The number of aromatic nitrogens is 1. The van der Waals surface area contributed by atoms with Crippen LogP contribution in [0.25, 0.3) is 10.9 Å². The highest BCUT2D eigenvalue weighted by Crippen LogP contribution is 2.25. The van der Waals surface area contributed by atoms with Gasteiger partial charge in [-0.15, -0.1) is 0 Å². The highest BCUT2D eigenvalue weighted by atomic mass is 16.2. The Kier molecular flexibility index (Phi) is 9.12. The van der Waals surface area contributed by atoms with E-state index in [4.69, 9.17) is 0 Å². The highest BCUT2D eigenvalue weighted by Gasteiger charge is 2.35. The van der Waals surface area contributed by atoms with Gasteiger partial charge in [0, 0.05) is 81.7 Å². The van der Waals surface area contributed by atoms with Crippen molar-refractivity contribution in [3.63, 3.8) is 0 Å². The summed E-state index contributed by atoms with van der Waals surface area (Å²) in [6, 6.07) is 15.9. The van der Waals surface area contributed by atoms with Crippen LogP contribution in [0, 0.1) is 0 Å². The Morgan fingerprint density at radius 1 is 0.848 bits per heavy atom. The molecule has 0 spiro atoms. The molecule has 3 aromatic rings. The first-order valence-electron chi connectivity index (χ1n) is 17.0. The summed E-state index contributed by atoms with van der Waals surface area (Å²) in [6.07, 6.45) is 6.88. The van der Waals surface area contributed by atoms with Gasteiger partial charge in [-0.2, -0.15) is 0 Å². The van der Waals surface area contributed by atoms with E-state index in [-0.39, 0.29) is 24.0 Å². The van der Waals surface area contributed by atoms with Crippen molar-refractivity contribution in [1.82, 2.24) is 35.2 Å². The Bertz CT molecular complexity index is 1540. The van der Waals surface area contributed by atoms with Gasteiger partial charge in [-0.05, 0) is 86.0 Å². The zero-order valence-corrected chi connectivity index (χ0v) is 26.5. The van der Waals surface area contributed by atoms with E-state index in [0.717, 1.165) is 73.2 Å². The van der Waals surface area contributed by atoms with Crippen molar-refractivity contribution in [3.8, 4) is 0 Å². The zero-order valence-electron chi connectivity index (χ0n) is 26.5. The van der Waals surface area contributed by atoms with Crippen LogP contribution in [0.3, 0.4) is 0 Å².